The predicted molar refractivity (Wildman–Crippen MR) is 66.6 cm³/mol. The van der Waals surface area contributed by atoms with Crippen molar-refractivity contribution < 1.29 is 0 Å². The van der Waals surface area contributed by atoms with Gasteiger partial charge >= 0.3 is 0 Å². The molecule has 0 spiro atoms. The number of nitrogens with zero attached hydrogens (tertiary/aromatic N) is 2. The van der Waals surface area contributed by atoms with Crippen LogP contribution in [0.3, 0.4) is 0 Å². The Bertz CT molecular complexity index is 318. The van der Waals surface area contributed by atoms with E-state index in [0.29, 0.717) is 6.04 Å². The van der Waals surface area contributed by atoms with Crippen molar-refractivity contribution >= 4 is 17.7 Å². The minimum absolute atomic E-state index is 0.686. The van der Waals surface area contributed by atoms with Crippen LogP contribution in [0.5, 0.6) is 0 Å². The van der Waals surface area contributed by atoms with Crippen LogP contribution in [-0.2, 0) is 6.54 Å². The van der Waals surface area contributed by atoms with Crippen LogP contribution in [0.2, 0.25) is 0 Å². The van der Waals surface area contributed by atoms with Gasteiger partial charge in [-0.05, 0) is 38.2 Å². The third-order valence-electron chi connectivity index (χ3n) is 2.56. The van der Waals surface area contributed by atoms with Crippen molar-refractivity contribution in [1.29, 1.82) is 0 Å². The molecule has 1 saturated carbocycles. The van der Waals surface area contributed by atoms with Crippen LogP contribution in [0, 0.1) is 6.92 Å². The maximum Gasteiger partial charge on any atom is 0.203 e. The average Bonchev–Trinajstić information content (AvgIpc) is 2.93. The fourth-order valence-corrected chi connectivity index (χ4v) is 2.04. The van der Waals surface area contributed by atoms with Crippen molar-refractivity contribution in [2.45, 2.75) is 38.8 Å². The molecule has 0 bridgehead atoms. The summed E-state index contributed by atoms with van der Waals surface area (Å²) < 4.78 is 2.25. The summed E-state index contributed by atoms with van der Waals surface area (Å²) in [6, 6.07) is 0.686. The van der Waals surface area contributed by atoms with Gasteiger partial charge in [-0.2, -0.15) is 11.8 Å². The summed E-state index contributed by atoms with van der Waals surface area (Å²) in [5.74, 6) is 2.29. The Morgan fingerprint density at radius 2 is 2.40 bits per heavy atom. The minimum Gasteiger partial charge on any atom is -0.353 e. The Morgan fingerprint density at radius 3 is 3.07 bits per heavy atom. The zero-order valence-electron chi connectivity index (χ0n) is 9.49. The second-order valence-electron chi connectivity index (χ2n) is 4.16. The molecule has 4 heteroatoms. The zero-order chi connectivity index (χ0) is 10.7. The molecule has 1 aliphatic rings. The first-order valence-corrected chi connectivity index (χ1v) is 6.98. The fourth-order valence-electron chi connectivity index (χ4n) is 1.62. The van der Waals surface area contributed by atoms with Crippen molar-refractivity contribution in [3.63, 3.8) is 0 Å². The van der Waals surface area contributed by atoms with Crippen molar-refractivity contribution in [2.75, 3.05) is 17.3 Å². The van der Waals surface area contributed by atoms with E-state index in [1.807, 2.05) is 11.8 Å². The highest BCUT2D eigenvalue weighted by atomic mass is 32.2. The van der Waals surface area contributed by atoms with Crippen LogP contribution in [0.4, 0.5) is 5.95 Å². The Morgan fingerprint density at radius 1 is 1.60 bits per heavy atom. The number of hydrogen-bond acceptors (Lipinski definition) is 3. The molecule has 0 saturated heterocycles. The number of thioether (sulfide) groups is 1. The summed E-state index contributed by atoms with van der Waals surface area (Å²) in [4.78, 5) is 4.51. The molecule has 0 radical (unpaired) electrons. The van der Waals surface area contributed by atoms with E-state index in [9.17, 15) is 0 Å². The van der Waals surface area contributed by atoms with Gasteiger partial charge in [0.2, 0.25) is 5.95 Å². The lowest BCUT2D eigenvalue weighted by Gasteiger charge is -2.08. The number of imidazole rings is 1. The lowest BCUT2D eigenvalue weighted by Crippen LogP contribution is -2.09. The van der Waals surface area contributed by atoms with Crippen molar-refractivity contribution in [3.8, 4) is 0 Å². The number of rotatable bonds is 6. The van der Waals surface area contributed by atoms with Gasteiger partial charge in [0.05, 0.1) is 5.69 Å². The molecule has 0 amide bonds. The quantitative estimate of drug-likeness (QED) is 0.754. The SMILES string of the molecule is CSCCCn1cc(C)nc1NC1CC1. The van der Waals surface area contributed by atoms with Crippen molar-refractivity contribution in [3.05, 3.63) is 11.9 Å². The summed E-state index contributed by atoms with van der Waals surface area (Å²) in [5.41, 5.74) is 1.11. The highest BCUT2D eigenvalue weighted by molar-refractivity contribution is 7.98. The van der Waals surface area contributed by atoms with Gasteiger partial charge in [-0.3, -0.25) is 0 Å². The Hall–Kier alpha value is -0.640. The topological polar surface area (TPSA) is 29.9 Å². The van der Waals surface area contributed by atoms with E-state index in [4.69, 9.17) is 0 Å². The minimum atomic E-state index is 0.686. The number of hydrogen-bond donors (Lipinski definition) is 1. The molecule has 1 aromatic rings. The van der Waals surface area contributed by atoms with Gasteiger partial charge in [0.25, 0.3) is 0 Å². The van der Waals surface area contributed by atoms with Gasteiger partial charge in [-0.25, -0.2) is 4.98 Å². The summed E-state index contributed by atoms with van der Waals surface area (Å²) in [6.07, 6.45) is 8.12. The van der Waals surface area contributed by atoms with Gasteiger partial charge < -0.3 is 9.88 Å². The van der Waals surface area contributed by atoms with Crippen LogP contribution in [0.1, 0.15) is 25.0 Å². The smallest absolute Gasteiger partial charge is 0.203 e. The molecule has 0 atom stereocenters. The van der Waals surface area contributed by atoms with E-state index in [1.165, 1.54) is 25.0 Å². The highest BCUT2D eigenvalue weighted by Gasteiger charge is 2.22. The van der Waals surface area contributed by atoms with Crippen LogP contribution in [0.25, 0.3) is 0 Å². The molecule has 3 nitrogen and oxygen atoms in total. The summed E-state index contributed by atoms with van der Waals surface area (Å²) >= 11 is 1.91. The largest absolute Gasteiger partial charge is 0.353 e. The third-order valence-corrected chi connectivity index (χ3v) is 3.25. The first-order valence-electron chi connectivity index (χ1n) is 5.59. The van der Waals surface area contributed by atoms with E-state index < -0.39 is 0 Å². The molecule has 0 unspecified atom stereocenters. The van der Waals surface area contributed by atoms with Gasteiger partial charge in [0.1, 0.15) is 0 Å². The van der Waals surface area contributed by atoms with Crippen molar-refractivity contribution in [2.24, 2.45) is 0 Å². The fraction of sp³-hybridized carbons (Fsp3) is 0.727. The standard InChI is InChI=1S/C11H19N3S/c1-9-8-14(6-3-7-15-2)11(12-9)13-10-4-5-10/h8,10H,3-7H2,1-2H3,(H,12,13). The molecule has 1 N–H and O–H groups in total. The molecule has 15 heavy (non-hydrogen) atoms. The summed E-state index contributed by atoms with van der Waals surface area (Å²) in [7, 11) is 0. The number of anilines is 1. The van der Waals surface area contributed by atoms with E-state index in [2.05, 4.69) is 34.2 Å². The maximum absolute atomic E-state index is 4.51. The van der Waals surface area contributed by atoms with Crippen LogP contribution >= 0.6 is 11.8 Å². The first-order chi connectivity index (χ1) is 7.29. The lowest BCUT2D eigenvalue weighted by atomic mass is 10.4. The van der Waals surface area contributed by atoms with Crippen LogP contribution in [-0.4, -0.2) is 27.6 Å². The van der Waals surface area contributed by atoms with Crippen LogP contribution in [0.15, 0.2) is 6.20 Å². The predicted octanol–water partition coefficient (Wildman–Crippen LogP) is 2.52. The van der Waals surface area contributed by atoms with Crippen LogP contribution < -0.4 is 5.32 Å². The van der Waals surface area contributed by atoms with E-state index in [0.717, 1.165) is 18.2 Å². The number of aromatic nitrogens is 2. The molecule has 1 fully saturated rings. The van der Waals surface area contributed by atoms with E-state index >= 15 is 0 Å². The maximum atomic E-state index is 4.51. The molecular formula is C11H19N3S. The molecule has 0 aromatic carbocycles. The van der Waals surface area contributed by atoms with E-state index in [-0.39, 0.29) is 0 Å². The lowest BCUT2D eigenvalue weighted by molar-refractivity contribution is 0.686. The van der Waals surface area contributed by atoms with Gasteiger partial charge in [-0.15, -0.1) is 0 Å². The molecule has 2 rings (SSSR count). The second-order valence-corrected chi connectivity index (χ2v) is 5.15. The molecular weight excluding hydrogens is 206 g/mol. The zero-order valence-corrected chi connectivity index (χ0v) is 10.3. The Balaban J connectivity index is 1.93. The van der Waals surface area contributed by atoms with Gasteiger partial charge in [0, 0.05) is 18.8 Å². The molecule has 1 aliphatic carbocycles. The number of nitrogens with one attached hydrogen (secondary N) is 1. The third kappa shape index (κ3) is 3.16. The Labute approximate surface area is 95.7 Å². The molecule has 1 aromatic heterocycles. The average molecular weight is 225 g/mol. The van der Waals surface area contributed by atoms with Crippen molar-refractivity contribution in [1.82, 2.24) is 9.55 Å². The van der Waals surface area contributed by atoms with Gasteiger partial charge in [0.15, 0.2) is 0 Å². The number of aryl methyl sites for hydroxylation is 2. The Kier molecular flexibility index (Phi) is 3.57. The highest BCUT2D eigenvalue weighted by Crippen LogP contribution is 2.24. The molecule has 84 valence electrons. The summed E-state index contributed by atoms with van der Waals surface area (Å²) in [6.45, 7) is 3.14. The first kappa shape index (κ1) is 10.9. The normalized spacial score (nSPS) is 15.6. The monoisotopic (exact) mass is 225 g/mol. The second kappa shape index (κ2) is 4.92. The molecule has 1 heterocycles. The summed E-state index contributed by atoms with van der Waals surface area (Å²) in [5, 5.41) is 3.48. The van der Waals surface area contributed by atoms with E-state index in [1.54, 1.807) is 0 Å². The van der Waals surface area contributed by atoms with Gasteiger partial charge in [-0.1, -0.05) is 0 Å². The molecule has 0 aliphatic heterocycles.